The molecule has 2 unspecified atom stereocenters. The van der Waals surface area contributed by atoms with E-state index in [4.69, 9.17) is 0 Å². The molecule has 1 heterocycles. The number of nitrogens with zero attached hydrogens (tertiary/aromatic N) is 1. The van der Waals surface area contributed by atoms with E-state index < -0.39 is 6.10 Å². The molecule has 2 rings (SSSR count). The van der Waals surface area contributed by atoms with Crippen LogP contribution in [0.15, 0.2) is 12.1 Å². The molecule has 100 valence electrons. The van der Waals surface area contributed by atoms with Crippen LogP contribution in [0, 0.1) is 12.7 Å². The molecule has 3 nitrogen and oxygen atoms in total. The van der Waals surface area contributed by atoms with Gasteiger partial charge in [-0.15, -0.1) is 0 Å². The summed E-state index contributed by atoms with van der Waals surface area (Å²) in [5.74, 6) is -0.297. The number of halogens is 1. The molecule has 1 aliphatic heterocycles. The highest BCUT2D eigenvalue weighted by molar-refractivity contribution is 5.58. The van der Waals surface area contributed by atoms with E-state index in [2.05, 4.69) is 4.90 Å². The normalized spacial score (nSPS) is 21.4. The average molecular weight is 253 g/mol. The topological polar surface area (TPSA) is 43.7 Å². The van der Waals surface area contributed by atoms with Gasteiger partial charge in [0.15, 0.2) is 0 Å². The zero-order chi connectivity index (χ0) is 13.3. The molecule has 0 aromatic heterocycles. The van der Waals surface area contributed by atoms with E-state index in [1.165, 1.54) is 6.07 Å². The Morgan fingerprint density at radius 3 is 2.83 bits per heavy atom. The Hall–Kier alpha value is -1.13. The zero-order valence-electron chi connectivity index (χ0n) is 10.9. The van der Waals surface area contributed by atoms with Gasteiger partial charge in [-0.25, -0.2) is 4.39 Å². The fourth-order valence-corrected chi connectivity index (χ4v) is 2.61. The molecule has 1 aromatic rings. The van der Waals surface area contributed by atoms with Crippen LogP contribution < -0.4 is 4.90 Å². The largest absolute Gasteiger partial charge is 0.394 e. The van der Waals surface area contributed by atoms with Crippen molar-refractivity contribution < 1.29 is 14.6 Å². The van der Waals surface area contributed by atoms with Crippen LogP contribution in [-0.2, 0) is 0 Å². The van der Waals surface area contributed by atoms with Gasteiger partial charge in [0.2, 0.25) is 0 Å². The van der Waals surface area contributed by atoms with Gasteiger partial charge in [0, 0.05) is 17.8 Å². The molecule has 4 heteroatoms. The maximum Gasteiger partial charge on any atom is 0.126 e. The van der Waals surface area contributed by atoms with E-state index in [0.717, 1.165) is 25.1 Å². The molecule has 0 amide bonds. The van der Waals surface area contributed by atoms with Crippen LogP contribution in [0.2, 0.25) is 0 Å². The van der Waals surface area contributed by atoms with E-state index in [-0.39, 0.29) is 18.5 Å². The number of aliphatic hydroxyl groups is 2. The third-order valence-corrected chi connectivity index (χ3v) is 3.66. The molecule has 18 heavy (non-hydrogen) atoms. The summed E-state index contributed by atoms with van der Waals surface area (Å²) in [6.07, 6.45) is 1.24. The van der Waals surface area contributed by atoms with Gasteiger partial charge in [-0.05, 0) is 44.4 Å². The van der Waals surface area contributed by atoms with Gasteiger partial charge in [0.25, 0.3) is 0 Å². The lowest BCUT2D eigenvalue weighted by Gasteiger charge is -2.29. The predicted molar refractivity (Wildman–Crippen MR) is 69.2 cm³/mol. The molecule has 0 radical (unpaired) electrons. The summed E-state index contributed by atoms with van der Waals surface area (Å²) in [6.45, 7) is 4.29. The minimum absolute atomic E-state index is 0.0763. The fourth-order valence-electron chi connectivity index (χ4n) is 2.61. The molecule has 0 saturated carbocycles. The van der Waals surface area contributed by atoms with Crippen molar-refractivity contribution in [2.45, 2.75) is 38.8 Å². The van der Waals surface area contributed by atoms with Gasteiger partial charge in [-0.2, -0.15) is 0 Å². The fraction of sp³-hybridized carbons (Fsp3) is 0.571. The van der Waals surface area contributed by atoms with Crippen molar-refractivity contribution in [2.24, 2.45) is 0 Å². The van der Waals surface area contributed by atoms with Crippen LogP contribution in [0.3, 0.4) is 0 Å². The van der Waals surface area contributed by atoms with Gasteiger partial charge < -0.3 is 15.1 Å². The molecule has 1 aromatic carbocycles. The van der Waals surface area contributed by atoms with Crippen molar-refractivity contribution in [3.8, 4) is 0 Å². The van der Waals surface area contributed by atoms with Crippen LogP contribution in [0.5, 0.6) is 0 Å². The zero-order valence-corrected chi connectivity index (χ0v) is 10.9. The van der Waals surface area contributed by atoms with Crippen molar-refractivity contribution in [3.63, 3.8) is 0 Å². The third kappa shape index (κ3) is 2.35. The van der Waals surface area contributed by atoms with E-state index in [0.29, 0.717) is 11.1 Å². The van der Waals surface area contributed by atoms with Crippen LogP contribution >= 0.6 is 0 Å². The lowest BCUT2D eigenvalue weighted by atomic mass is 10.0. The highest BCUT2D eigenvalue weighted by Gasteiger charge is 2.27. The van der Waals surface area contributed by atoms with E-state index in [1.54, 1.807) is 19.9 Å². The van der Waals surface area contributed by atoms with Crippen LogP contribution in [0.4, 0.5) is 10.1 Å². The summed E-state index contributed by atoms with van der Waals surface area (Å²) >= 11 is 0. The summed E-state index contributed by atoms with van der Waals surface area (Å²) in [5, 5.41) is 19.2. The molecule has 1 fully saturated rings. The van der Waals surface area contributed by atoms with Crippen molar-refractivity contribution in [1.29, 1.82) is 0 Å². The Morgan fingerprint density at radius 1 is 1.50 bits per heavy atom. The Morgan fingerprint density at radius 2 is 2.22 bits per heavy atom. The second kappa shape index (κ2) is 5.24. The van der Waals surface area contributed by atoms with Crippen molar-refractivity contribution in [1.82, 2.24) is 0 Å². The summed E-state index contributed by atoms with van der Waals surface area (Å²) in [6, 6.07) is 3.25. The Bertz CT molecular complexity index is 434. The van der Waals surface area contributed by atoms with E-state index in [1.807, 2.05) is 0 Å². The standard InChI is InChI=1S/C14H20FNO2/c1-9-6-14(12(10(2)18)7-13(9)15)16-5-3-4-11(16)8-17/h6-7,10-11,17-18H,3-5,8H2,1-2H3. The lowest BCUT2D eigenvalue weighted by Crippen LogP contribution is -2.33. The number of anilines is 1. The first-order valence-electron chi connectivity index (χ1n) is 6.40. The maximum absolute atomic E-state index is 13.6. The minimum Gasteiger partial charge on any atom is -0.394 e. The quantitative estimate of drug-likeness (QED) is 0.867. The van der Waals surface area contributed by atoms with Crippen LogP contribution in [-0.4, -0.2) is 29.4 Å². The van der Waals surface area contributed by atoms with Gasteiger partial charge in [-0.3, -0.25) is 0 Å². The highest BCUT2D eigenvalue weighted by atomic mass is 19.1. The van der Waals surface area contributed by atoms with Gasteiger partial charge in [0.1, 0.15) is 5.82 Å². The smallest absolute Gasteiger partial charge is 0.126 e. The molecule has 0 bridgehead atoms. The van der Waals surface area contributed by atoms with E-state index >= 15 is 0 Å². The third-order valence-electron chi connectivity index (χ3n) is 3.66. The van der Waals surface area contributed by atoms with Crippen LogP contribution in [0.25, 0.3) is 0 Å². The molecule has 2 N–H and O–H groups in total. The summed E-state index contributed by atoms with van der Waals surface area (Å²) < 4.78 is 13.6. The monoisotopic (exact) mass is 253 g/mol. The summed E-state index contributed by atoms with van der Waals surface area (Å²) in [4.78, 5) is 2.08. The minimum atomic E-state index is -0.713. The first kappa shape index (κ1) is 13.3. The lowest BCUT2D eigenvalue weighted by molar-refractivity contribution is 0.198. The van der Waals surface area contributed by atoms with Crippen molar-refractivity contribution in [2.75, 3.05) is 18.1 Å². The first-order chi connectivity index (χ1) is 8.54. The second-order valence-corrected chi connectivity index (χ2v) is 5.01. The summed E-state index contributed by atoms with van der Waals surface area (Å²) in [5.41, 5.74) is 2.01. The van der Waals surface area contributed by atoms with Crippen LogP contribution in [0.1, 0.15) is 37.0 Å². The van der Waals surface area contributed by atoms with Gasteiger partial charge in [0.05, 0.1) is 18.8 Å². The average Bonchev–Trinajstić information content (AvgIpc) is 2.79. The molecular formula is C14H20FNO2. The predicted octanol–water partition coefficient (Wildman–Crippen LogP) is 2.15. The molecule has 1 aliphatic rings. The molecule has 2 atom stereocenters. The summed E-state index contributed by atoms with van der Waals surface area (Å²) in [7, 11) is 0. The molecule has 1 saturated heterocycles. The highest BCUT2D eigenvalue weighted by Crippen LogP contribution is 2.33. The van der Waals surface area contributed by atoms with E-state index in [9.17, 15) is 14.6 Å². The Balaban J connectivity index is 2.45. The maximum atomic E-state index is 13.6. The van der Waals surface area contributed by atoms with Crippen molar-refractivity contribution in [3.05, 3.63) is 29.1 Å². The number of aliphatic hydroxyl groups excluding tert-OH is 2. The molecular weight excluding hydrogens is 233 g/mol. The van der Waals surface area contributed by atoms with Crippen molar-refractivity contribution >= 4 is 5.69 Å². The number of hydrogen-bond donors (Lipinski definition) is 2. The number of hydrogen-bond acceptors (Lipinski definition) is 3. The number of aryl methyl sites for hydroxylation is 1. The number of benzene rings is 1. The number of rotatable bonds is 3. The molecule has 0 spiro atoms. The Kier molecular flexibility index (Phi) is 3.88. The van der Waals surface area contributed by atoms with Gasteiger partial charge >= 0.3 is 0 Å². The first-order valence-corrected chi connectivity index (χ1v) is 6.40. The second-order valence-electron chi connectivity index (χ2n) is 5.01. The Labute approximate surface area is 107 Å². The van der Waals surface area contributed by atoms with Gasteiger partial charge in [-0.1, -0.05) is 0 Å². The molecule has 0 aliphatic carbocycles. The SMILES string of the molecule is Cc1cc(N2CCCC2CO)c(C(C)O)cc1F.